The number of nitrogens with one attached hydrogen (secondary N) is 1. The van der Waals surface area contributed by atoms with Gasteiger partial charge in [0.25, 0.3) is 0 Å². The molecule has 0 spiro atoms. The van der Waals surface area contributed by atoms with Gasteiger partial charge in [-0.1, -0.05) is 36.2 Å². The van der Waals surface area contributed by atoms with E-state index in [1.54, 1.807) is 6.07 Å². The summed E-state index contributed by atoms with van der Waals surface area (Å²) in [6, 6.07) is 4.18. The normalized spacial score (nSPS) is 13.4. The molecule has 0 aromatic heterocycles. The van der Waals surface area contributed by atoms with Crippen LogP contribution in [0.3, 0.4) is 0 Å². The van der Waals surface area contributed by atoms with Gasteiger partial charge in [-0.05, 0) is 30.5 Å². The van der Waals surface area contributed by atoms with E-state index in [1.807, 2.05) is 6.92 Å². The minimum atomic E-state index is -4.33. The molecule has 0 amide bonds. The minimum absolute atomic E-state index is 0.147. The third kappa shape index (κ3) is 4.52. The Morgan fingerprint density at radius 1 is 1.33 bits per heavy atom. The largest absolute Gasteiger partial charge is 0.418 e. The molecule has 18 heavy (non-hydrogen) atoms. The second-order valence-corrected chi connectivity index (χ2v) is 5.38. The molecule has 1 aromatic rings. The van der Waals surface area contributed by atoms with Crippen LogP contribution in [-0.2, 0) is 6.18 Å². The highest BCUT2D eigenvalue weighted by molar-refractivity contribution is 9.10. The molecule has 1 atom stereocenters. The number of alkyl halides is 3. The zero-order valence-corrected chi connectivity index (χ0v) is 12.0. The second kappa shape index (κ2) is 6.45. The Labute approximate surface area is 114 Å². The quantitative estimate of drug-likeness (QED) is 0.773. The van der Waals surface area contributed by atoms with Crippen LogP contribution >= 0.6 is 15.9 Å². The Morgan fingerprint density at radius 3 is 2.56 bits per heavy atom. The number of hydrogen-bond acceptors (Lipinski definition) is 1. The van der Waals surface area contributed by atoms with Crippen molar-refractivity contribution in [2.75, 3.05) is 11.9 Å². The SMILES string of the molecule is CCCC(C)CNc1ccc(Br)cc1C(F)(F)F. The highest BCUT2D eigenvalue weighted by atomic mass is 79.9. The highest BCUT2D eigenvalue weighted by Crippen LogP contribution is 2.36. The molecule has 0 bridgehead atoms. The molecule has 1 N–H and O–H groups in total. The summed E-state index contributed by atoms with van der Waals surface area (Å²) >= 11 is 3.07. The van der Waals surface area contributed by atoms with E-state index in [1.165, 1.54) is 6.07 Å². The second-order valence-electron chi connectivity index (χ2n) is 4.46. The molecule has 0 saturated carbocycles. The summed E-state index contributed by atoms with van der Waals surface area (Å²) < 4.78 is 39.0. The van der Waals surface area contributed by atoms with Crippen molar-refractivity contribution in [3.05, 3.63) is 28.2 Å². The molecular formula is C13H17BrF3N. The topological polar surface area (TPSA) is 12.0 Å². The summed E-state index contributed by atoms with van der Waals surface area (Å²) in [6.07, 6.45) is -2.29. The van der Waals surface area contributed by atoms with Gasteiger partial charge in [0, 0.05) is 16.7 Å². The van der Waals surface area contributed by atoms with Crippen molar-refractivity contribution < 1.29 is 13.2 Å². The van der Waals surface area contributed by atoms with E-state index in [-0.39, 0.29) is 5.69 Å². The van der Waals surface area contributed by atoms with Gasteiger partial charge in [-0.3, -0.25) is 0 Å². The van der Waals surface area contributed by atoms with Crippen molar-refractivity contribution in [1.82, 2.24) is 0 Å². The van der Waals surface area contributed by atoms with E-state index in [4.69, 9.17) is 0 Å². The molecule has 102 valence electrons. The van der Waals surface area contributed by atoms with E-state index >= 15 is 0 Å². The fraction of sp³-hybridized carbons (Fsp3) is 0.538. The Morgan fingerprint density at radius 2 is 2.00 bits per heavy atom. The first-order valence-electron chi connectivity index (χ1n) is 5.95. The maximum atomic E-state index is 12.8. The van der Waals surface area contributed by atoms with Gasteiger partial charge < -0.3 is 5.32 Å². The summed E-state index contributed by atoms with van der Waals surface area (Å²) in [5.41, 5.74) is -0.478. The van der Waals surface area contributed by atoms with Crippen molar-refractivity contribution in [1.29, 1.82) is 0 Å². The van der Waals surface area contributed by atoms with E-state index in [0.717, 1.165) is 18.9 Å². The molecule has 1 unspecified atom stereocenters. The number of halogens is 4. The van der Waals surface area contributed by atoms with Crippen LogP contribution in [0.15, 0.2) is 22.7 Å². The molecule has 0 heterocycles. The van der Waals surface area contributed by atoms with Crippen LogP contribution in [0.4, 0.5) is 18.9 Å². The molecule has 0 aliphatic heterocycles. The fourth-order valence-electron chi connectivity index (χ4n) is 1.78. The lowest BCUT2D eigenvalue weighted by Gasteiger charge is -2.17. The van der Waals surface area contributed by atoms with Crippen molar-refractivity contribution in [3.8, 4) is 0 Å². The van der Waals surface area contributed by atoms with Crippen LogP contribution in [0.25, 0.3) is 0 Å². The Balaban J connectivity index is 2.82. The number of anilines is 1. The van der Waals surface area contributed by atoms with Crippen LogP contribution in [0.1, 0.15) is 32.3 Å². The molecule has 0 aliphatic rings. The summed E-state index contributed by atoms with van der Waals surface area (Å²) in [5, 5.41) is 2.89. The predicted molar refractivity (Wildman–Crippen MR) is 71.7 cm³/mol. The molecule has 1 rings (SSSR count). The number of benzene rings is 1. The summed E-state index contributed by atoms with van der Waals surface area (Å²) in [4.78, 5) is 0. The third-order valence-electron chi connectivity index (χ3n) is 2.71. The van der Waals surface area contributed by atoms with Gasteiger partial charge in [0.05, 0.1) is 5.56 Å². The van der Waals surface area contributed by atoms with Crippen LogP contribution < -0.4 is 5.32 Å². The molecule has 0 fully saturated rings. The van der Waals surface area contributed by atoms with Crippen molar-refractivity contribution in [3.63, 3.8) is 0 Å². The van der Waals surface area contributed by atoms with Crippen molar-refractivity contribution >= 4 is 21.6 Å². The first-order chi connectivity index (χ1) is 8.34. The third-order valence-corrected chi connectivity index (χ3v) is 3.20. The molecule has 0 aliphatic carbocycles. The van der Waals surface area contributed by atoms with Crippen molar-refractivity contribution in [2.45, 2.75) is 32.9 Å². The molecule has 0 radical (unpaired) electrons. The highest BCUT2D eigenvalue weighted by Gasteiger charge is 2.33. The van der Waals surface area contributed by atoms with Crippen LogP contribution in [0.5, 0.6) is 0 Å². The number of hydrogen-bond donors (Lipinski definition) is 1. The van der Waals surface area contributed by atoms with Gasteiger partial charge in [0.1, 0.15) is 0 Å². The molecule has 5 heteroatoms. The summed E-state index contributed by atoms with van der Waals surface area (Å²) in [6.45, 7) is 4.65. The summed E-state index contributed by atoms with van der Waals surface area (Å²) in [7, 11) is 0. The van der Waals surface area contributed by atoms with E-state index in [0.29, 0.717) is 16.9 Å². The lowest BCUT2D eigenvalue weighted by atomic mass is 10.1. The van der Waals surface area contributed by atoms with Gasteiger partial charge in [0.2, 0.25) is 0 Å². The summed E-state index contributed by atoms with van der Waals surface area (Å²) in [5.74, 6) is 0.361. The molecule has 1 aromatic carbocycles. The Hall–Kier alpha value is -0.710. The van der Waals surface area contributed by atoms with Gasteiger partial charge in [-0.2, -0.15) is 13.2 Å². The first-order valence-corrected chi connectivity index (χ1v) is 6.74. The van der Waals surface area contributed by atoms with Crippen LogP contribution in [0.2, 0.25) is 0 Å². The smallest absolute Gasteiger partial charge is 0.384 e. The van der Waals surface area contributed by atoms with Gasteiger partial charge in [-0.15, -0.1) is 0 Å². The minimum Gasteiger partial charge on any atom is -0.384 e. The van der Waals surface area contributed by atoms with E-state index in [9.17, 15) is 13.2 Å². The average Bonchev–Trinajstić information content (AvgIpc) is 2.26. The van der Waals surface area contributed by atoms with Gasteiger partial charge in [-0.25, -0.2) is 0 Å². The predicted octanol–water partition coefficient (Wildman–Crippen LogP) is 5.32. The zero-order chi connectivity index (χ0) is 13.8. The maximum absolute atomic E-state index is 12.8. The maximum Gasteiger partial charge on any atom is 0.418 e. The lowest BCUT2D eigenvalue weighted by molar-refractivity contribution is -0.137. The number of rotatable bonds is 5. The van der Waals surface area contributed by atoms with Gasteiger partial charge >= 0.3 is 6.18 Å². The van der Waals surface area contributed by atoms with E-state index in [2.05, 4.69) is 28.2 Å². The molecular weight excluding hydrogens is 307 g/mol. The zero-order valence-electron chi connectivity index (χ0n) is 10.4. The molecule has 0 saturated heterocycles. The van der Waals surface area contributed by atoms with Gasteiger partial charge in [0.15, 0.2) is 0 Å². The fourth-order valence-corrected chi connectivity index (χ4v) is 2.15. The Kier molecular flexibility index (Phi) is 5.50. The average molecular weight is 324 g/mol. The lowest BCUT2D eigenvalue weighted by Crippen LogP contribution is -2.15. The molecule has 1 nitrogen and oxygen atoms in total. The van der Waals surface area contributed by atoms with E-state index < -0.39 is 11.7 Å². The first kappa shape index (κ1) is 15.3. The Bertz CT molecular complexity index is 390. The van der Waals surface area contributed by atoms with Crippen LogP contribution in [-0.4, -0.2) is 6.54 Å². The standard InChI is InChI=1S/C13H17BrF3N/c1-3-4-9(2)8-18-12-6-5-10(14)7-11(12)13(15,16)17/h5-7,9,18H,3-4,8H2,1-2H3. The monoisotopic (exact) mass is 323 g/mol. The van der Waals surface area contributed by atoms with Crippen LogP contribution in [0, 0.1) is 5.92 Å². The van der Waals surface area contributed by atoms with Crippen molar-refractivity contribution in [2.24, 2.45) is 5.92 Å².